The van der Waals surface area contributed by atoms with Gasteiger partial charge in [-0.1, -0.05) is 35.8 Å². The fourth-order valence-corrected chi connectivity index (χ4v) is 4.62. The minimum absolute atomic E-state index is 0.0272. The van der Waals surface area contributed by atoms with E-state index in [1.165, 1.54) is 5.56 Å². The number of aliphatic carboxylic acids is 1. The molecule has 8 heteroatoms. The Hall–Kier alpha value is -2.90. The van der Waals surface area contributed by atoms with Gasteiger partial charge in [0.1, 0.15) is 11.8 Å². The molecule has 33 heavy (non-hydrogen) atoms. The molecule has 0 radical (unpaired) electrons. The molecule has 0 aliphatic carbocycles. The summed E-state index contributed by atoms with van der Waals surface area (Å²) in [5, 5.41) is 14.2. The molecule has 0 fully saturated rings. The third kappa shape index (κ3) is 4.75. The van der Waals surface area contributed by atoms with Gasteiger partial charge in [-0.15, -0.1) is 0 Å². The molecule has 1 aliphatic heterocycles. The third-order valence-corrected chi connectivity index (χ3v) is 6.33. The average molecular weight is 470 g/mol. The van der Waals surface area contributed by atoms with E-state index in [2.05, 4.69) is 17.1 Å². The molecular formula is C25H28ClN3O4. The van der Waals surface area contributed by atoms with Gasteiger partial charge in [-0.2, -0.15) is 4.98 Å². The number of halogens is 1. The summed E-state index contributed by atoms with van der Waals surface area (Å²) < 4.78 is 11.2. The number of nitrogens with zero attached hydrogens (tertiary/aromatic N) is 3. The van der Waals surface area contributed by atoms with Gasteiger partial charge in [-0.25, -0.2) is 0 Å². The van der Waals surface area contributed by atoms with Crippen LogP contribution in [0, 0.1) is 6.92 Å². The van der Waals surface area contributed by atoms with Crippen LogP contribution in [0.3, 0.4) is 0 Å². The molecule has 2 aromatic carbocycles. The first-order valence-corrected chi connectivity index (χ1v) is 11.5. The zero-order valence-corrected chi connectivity index (χ0v) is 20.0. The highest BCUT2D eigenvalue weighted by Crippen LogP contribution is 2.34. The maximum atomic E-state index is 11.6. The van der Waals surface area contributed by atoms with Crippen LogP contribution in [0.1, 0.15) is 43.9 Å². The highest BCUT2D eigenvalue weighted by molar-refractivity contribution is 6.32. The van der Waals surface area contributed by atoms with Crippen molar-refractivity contribution in [3.8, 4) is 28.6 Å². The minimum Gasteiger partial charge on any atom is -0.489 e. The van der Waals surface area contributed by atoms with Gasteiger partial charge in [-0.05, 0) is 68.5 Å². The number of aromatic nitrogens is 2. The lowest BCUT2D eigenvalue weighted by Gasteiger charge is -2.33. The maximum absolute atomic E-state index is 11.6. The van der Waals surface area contributed by atoms with Crippen molar-refractivity contribution in [1.29, 1.82) is 0 Å². The summed E-state index contributed by atoms with van der Waals surface area (Å²) in [7, 11) is 0. The number of benzene rings is 2. The lowest BCUT2D eigenvalue weighted by molar-refractivity contribution is -0.143. The largest absolute Gasteiger partial charge is 0.489 e. The molecule has 0 saturated carbocycles. The molecule has 1 aliphatic rings. The van der Waals surface area contributed by atoms with Crippen LogP contribution < -0.4 is 4.74 Å². The second kappa shape index (κ2) is 9.53. The molecule has 1 N–H and O–H groups in total. The molecule has 1 aromatic heterocycles. The number of hydrogen-bond acceptors (Lipinski definition) is 6. The summed E-state index contributed by atoms with van der Waals surface area (Å²) in [6.45, 7) is 9.20. The van der Waals surface area contributed by atoms with Crippen molar-refractivity contribution in [2.24, 2.45) is 0 Å². The van der Waals surface area contributed by atoms with Crippen LogP contribution in [-0.4, -0.2) is 44.8 Å². The van der Waals surface area contributed by atoms with E-state index < -0.39 is 12.0 Å². The van der Waals surface area contributed by atoms with Crippen LogP contribution in [0.2, 0.25) is 5.02 Å². The zero-order chi connectivity index (χ0) is 23.7. The molecule has 7 nitrogen and oxygen atoms in total. The van der Waals surface area contributed by atoms with Gasteiger partial charge >= 0.3 is 5.97 Å². The van der Waals surface area contributed by atoms with E-state index in [9.17, 15) is 9.90 Å². The Balaban J connectivity index is 1.59. The number of carboxylic acids is 1. The van der Waals surface area contributed by atoms with Gasteiger partial charge in [0.2, 0.25) is 5.82 Å². The average Bonchev–Trinajstić information content (AvgIpc) is 3.25. The van der Waals surface area contributed by atoms with Crippen LogP contribution in [0.25, 0.3) is 22.8 Å². The minimum atomic E-state index is -0.766. The Morgan fingerprint density at radius 1 is 1.30 bits per heavy atom. The van der Waals surface area contributed by atoms with Gasteiger partial charge in [-0.3, -0.25) is 9.69 Å². The molecule has 0 amide bonds. The molecule has 0 saturated heterocycles. The third-order valence-electron chi connectivity index (χ3n) is 6.04. The summed E-state index contributed by atoms with van der Waals surface area (Å²) in [6, 6.07) is 8.99. The summed E-state index contributed by atoms with van der Waals surface area (Å²) in [5.41, 5.74) is 5.11. The van der Waals surface area contributed by atoms with Crippen LogP contribution in [0.4, 0.5) is 0 Å². The van der Waals surface area contributed by atoms with Crippen molar-refractivity contribution >= 4 is 17.6 Å². The van der Waals surface area contributed by atoms with Gasteiger partial charge in [0, 0.05) is 24.2 Å². The number of carboxylic acid groups (broad SMARTS) is 1. The Morgan fingerprint density at radius 3 is 2.76 bits per heavy atom. The SMILES string of the molecule is CCC(C(=O)O)N1CCc2c(ccc(-c3noc(-c4ccc(OC(C)C)c(Cl)c4)n3)c2C)C1. The van der Waals surface area contributed by atoms with Gasteiger partial charge in [0.05, 0.1) is 11.1 Å². The Labute approximate surface area is 198 Å². The lowest BCUT2D eigenvalue weighted by atomic mass is 9.90. The fraction of sp³-hybridized carbons (Fsp3) is 0.400. The van der Waals surface area contributed by atoms with E-state index in [1.807, 2.05) is 43.9 Å². The zero-order valence-electron chi connectivity index (χ0n) is 19.3. The summed E-state index contributed by atoms with van der Waals surface area (Å²) in [6.07, 6.45) is 1.40. The van der Waals surface area contributed by atoms with E-state index in [0.29, 0.717) is 42.0 Å². The first kappa shape index (κ1) is 23.3. The number of fused-ring (bicyclic) bond motifs is 1. The Kier molecular flexibility index (Phi) is 6.72. The van der Waals surface area contributed by atoms with E-state index in [4.69, 9.17) is 20.9 Å². The Bertz CT molecular complexity index is 1170. The predicted molar refractivity (Wildman–Crippen MR) is 127 cm³/mol. The van der Waals surface area contributed by atoms with Crippen LogP contribution in [0.5, 0.6) is 5.75 Å². The topological polar surface area (TPSA) is 88.7 Å². The standard InChI is InChI=1S/C25H28ClN3O4/c1-5-21(25(30)31)29-11-10-18-15(4)19(8-6-17(18)13-29)23-27-24(33-28-23)16-7-9-22(20(26)12-16)32-14(2)3/h6-9,12,14,21H,5,10-11,13H2,1-4H3,(H,30,31). The fourth-order valence-electron chi connectivity index (χ4n) is 4.39. The molecule has 0 spiro atoms. The first-order chi connectivity index (χ1) is 15.8. The number of carbonyl (C=O) groups is 1. The van der Waals surface area contributed by atoms with Gasteiger partial charge in [0.15, 0.2) is 0 Å². The highest BCUT2D eigenvalue weighted by Gasteiger charge is 2.28. The quantitative estimate of drug-likeness (QED) is 0.497. The van der Waals surface area contributed by atoms with Gasteiger partial charge < -0.3 is 14.4 Å². The molecular weight excluding hydrogens is 442 g/mol. The monoisotopic (exact) mass is 469 g/mol. The Morgan fingerprint density at radius 2 is 2.09 bits per heavy atom. The number of ether oxygens (including phenoxy) is 1. The molecule has 2 heterocycles. The van der Waals surface area contributed by atoms with E-state index >= 15 is 0 Å². The van der Waals surface area contributed by atoms with Crippen molar-refractivity contribution < 1.29 is 19.2 Å². The van der Waals surface area contributed by atoms with Crippen molar-refractivity contribution in [3.63, 3.8) is 0 Å². The van der Waals surface area contributed by atoms with E-state index in [1.54, 1.807) is 12.1 Å². The number of rotatable bonds is 7. The first-order valence-electron chi connectivity index (χ1n) is 11.2. The molecule has 174 valence electrons. The lowest BCUT2D eigenvalue weighted by Crippen LogP contribution is -2.43. The summed E-state index contributed by atoms with van der Waals surface area (Å²) >= 11 is 6.36. The van der Waals surface area contributed by atoms with Gasteiger partial charge in [0.25, 0.3) is 5.89 Å². The van der Waals surface area contributed by atoms with E-state index in [0.717, 1.165) is 28.7 Å². The molecule has 4 rings (SSSR count). The van der Waals surface area contributed by atoms with Crippen LogP contribution in [0.15, 0.2) is 34.9 Å². The molecule has 0 bridgehead atoms. The van der Waals surface area contributed by atoms with Crippen molar-refractivity contribution in [3.05, 3.63) is 52.0 Å². The normalized spacial score (nSPS) is 14.8. The maximum Gasteiger partial charge on any atom is 0.320 e. The van der Waals surface area contributed by atoms with Crippen LogP contribution in [-0.2, 0) is 17.8 Å². The summed E-state index contributed by atoms with van der Waals surface area (Å²) in [4.78, 5) is 18.2. The van der Waals surface area contributed by atoms with Crippen molar-refractivity contribution in [1.82, 2.24) is 15.0 Å². The highest BCUT2D eigenvalue weighted by atomic mass is 35.5. The second-order valence-corrected chi connectivity index (χ2v) is 9.00. The molecule has 3 aromatic rings. The van der Waals surface area contributed by atoms with E-state index in [-0.39, 0.29) is 6.10 Å². The predicted octanol–water partition coefficient (Wildman–Crippen LogP) is 5.37. The summed E-state index contributed by atoms with van der Waals surface area (Å²) in [5.74, 6) is 0.752. The molecule has 1 atom stereocenters. The molecule has 1 unspecified atom stereocenters. The van der Waals surface area contributed by atoms with Crippen molar-refractivity contribution in [2.75, 3.05) is 6.54 Å². The second-order valence-electron chi connectivity index (χ2n) is 8.59. The smallest absolute Gasteiger partial charge is 0.320 e. The van der Waals surface area contributed by atoms with Crippen molar-refractivity contribution in [2.45, 2.75) is 59.2 Å². The number of hydrogen-bond donors (Lipinski definition) is 1. The van der Waals surface area contributed by atoms with Crippen LogP contribution >= 0.6 is 11.6 Å².